The number of ether oxygens (including phenoxy) is 3. The molecule has 0 spiro atoms. The maximum absolute atomic E-state index is 12.9. The highest BCUT2D eigenvalue weighted by Crippen LogP contribution is 2.35. The summed E-state index contributed by atoms with van der Waals surface area (Å²) >= 11 is 0. The van der Waals surface area contributed by atoms with Crippen LogP contribution in [0.5, 0.6) is 11.5 Å². The van der Waals surface area contributed by atoms with Crippen molar-refractivity contribution in [1.29, 1.82) is 0 Å². The number of nitrogens with two attached hydrogens (primary N) is 1. The van der Waals surface area contributed by atoms with Gasteiger partial charge in [-0.3, -0.25) is 4.79 Å². The Labute approximate surface area is 203 Å². The SMILES string of the molecule is CCCCCCCC(=O)N[C@H](CN1CCCC1)[C@H](OCS(N)(=O)=O)c1ccc2c(c1)OCCO2. The van der Waals surface area contributed by atoms with Gasteiger partial charge in [-0.05, 0) is 50.0 Å². The van der Waals surface area contributed by atoms with Crippen LogP contribution in [0.15, 0.2) is 18.2 Å². The lowest BCUT2D eigenvalue weighted by Crippen LogP contribution is -2.47. The lowest BCUT2D eigenvalue weighted by Gasteiger charge is -2.32. The predicted octanol–water partition coefficient (Wildman–Crippen LogP) is 2.70. The predicted molar refractivity (Wildman–Crippen MR) is 130 cm³/mol. The van der Waals surface area contributed by atoms with Crippen molar-refractivity contribution < 1.29 is 27.4 Å². The van der Waals surface area contributed by atoms with E-state index in [9.17, 15) is 13.2 Å². The third-order valence-corrected chi connectivity index (χ3v) is 6.64. The van der Waals surface area contributed by atoms with Gasteiger partial charge < -0.3 is 24.4 Å². The van der Waals surface area contributed by atoms with Gasteiger partial charge in [0.15, 0.2) is 17.4 Å². The number of hydrogen-bond donors (Lipinski definition) is 2. The first-order valence-electron chi connectivity index (χ1n) is 12.4. The molecule has 1 aromatic rings. The fraction of sp³-hybridized carbons (Fsp3) is 0.708. The standard InChI is InChI=1S/C24H39N3O6S/c1-2-3-4-5-6-9-23(28)26-20(17-27-12-7-8-13-27)24(33-18-34(25,29)30)19-10-11-21-22(16-19)32-15-14-31-21/h10-11,16,20,24H,2-9,12-15,17-18H2,1H3,(H,26,28)(H2,25,29,30)/t20-,24-/m1/s1. The van der Waals surface area contributed by atoms with Crippen LogP contribution in [0, 0.1) is 0 Å². The van der Waals surface area contributed by atoms with E-state index in [1.54, 1.807) is 12.1 Å². The molecule has 1 saturated heterocycles. The number of carbonyl (C=O) groups is 1. The molecule has 0 bridgehead atoms. The molecule has 1 aromatic carbocycles. The summed E-state index contributed by atoms with van der Waals surface area (Å²) < 4.78 is 40.7. The second kappa shape index (κ2) is 13.3. The molecule has 2 heterocycles. The fourth-order valence-corrected chi connectivity index (χ4v) is 4.81. The Bertz CT molecular complexity index is 889. The van der Waals surface area contributed by atoms with Gasteiger partial charge in [0.2, 0.25) is 15.9 Å². The summed E-state index contributed by atoms with van der Waals surface area (Å²) in [7, 11) is -3.86. The molecule has 34 heavy (non-hydrogen) atoms. The zero-order chi connectivity index (χ0) is 24.4. The van der Waals surface area contributed by atoms with E-state index < -0.39 is 28.1 Å². The van der Waals surface area contributed by atoms with Gasteiger partial charge in [0.05, 0.1) is 6.04 Å². The van der Waals surface area contributed by atoms with Crippen LogP contribution in [0.25, 0.3) is 0 Å². The van der Waals surface area contributed by atoms with Crippen molar-refractivity contribution in [3.8, 4) is 11.5 Å². The third kappa shape index (κ3) is 8.72. The highest BCUT2D eigenvalue weighted by atomic mass is 32.2. The number of benzene rings is 1. The maximum Gasteiger partial charge on any atom is 0.233 e. The zero-order valence-electron chi connectivity index (χ0n) is 20.2. The van der Waals surface area contributed by atoms with E-state index >= 15 is 0 Å². The number of nitrogens with zero attached hydrogens (tertiary/aromatic N) is 1. The van der Waals surface area contributed by atoms with Gasteiger partial charge in [-0.2, -0.15) is 0 Å². The number of likely N-dealkylation sites (tertiary alicyclic amines) is 1. The number of amides is 1. The minimum absolute atomic E-state index is 0.0533. The molecular formula is C24H39N3O6S. The summed E-state index contributed by atoms with van der Waals surface area (Å²) in [6, 6.07) is 4.98. The van der Waals surface area contributed by atoms with E-state index in [2.05, 4.69) is 17.1 Å². The average molecular weight is 498 g/mol. The Morgan fingerprint density at radius 2 is 1.82 bits per heavy atom. The molecule has 0 aromatic heterocycles. The maximum atomic E-state index is 12.9. The first-order chi connectivity index (χ1) is 16.4. The van der Waals surface area contributed by atoms with Crippen molar-refractivity contribution >= 4 is 15.9 Å². The summed E-state index contributed by atoms with van der Waals surface area (Å²) in [6.45, 7) is 5.51. The Morgan fingerprint density at radius 1 is 1.12 bits per heavy atom. The van der Waals surface area contributed by atoms with Gasteiger partial charge in [-0.15, -0.1) is 0 Å². The largest absolute Gasteiger partial charge is 0.486 e. The highest BCUT2D eigenvalue weighted by Gasteiger charge is 2.31. The van der Waals surface area contributed by atoms with Crippen molar-refractivity contribution in [3.05, 3.63) is 23.8 Å². The van der Waals surface area contributed by atoms with E-state index in [-0.39, 0.29) is 5.91 Å². The molecule has 2 atom stereocenters. The van der Waals surface area contributed by atoms with Crippen molar-refractivity contribution in [3.63, 3.8) is 0 Å². The van der Waals surface area contributed by atoms with Crippen LogP contribution in [-0.4, -0.2) is 64.1 Å². The van der Waals surface area contributed by atoms with Crippen LogP contribution in [0.4, 0.5) is 0 Å². The molecule has 2 aliphatic heterocycles. The quantitative estimate of drug-likeness (QED) is 0.379. The number of primary sulfonamides is 1. The highest BCUT2D eigenvalue weighted by molar-refractivity contribution is 7.88. The number of rotatable bonds is 14. The van der Waals surface area contributed by atoms with Crippen molar-refractivity contribution in [2.24, 2.45) is 5.14 Å². The lowest BCUT2D eigenvalue weighted by atomic mass is 10.00. The van der Waals surface area contributed by atoms with E-state index in [1.807, 2.05) is 6.07 Å². The first kappa shape index (κ1) is 26.7. The van der Waals surface area contributed by atoms with Gasteiger partial charge in [0, 0.05) is 13.0 Å². The van der Waals surface area contributed by atoms with Gasteiger partial charge in [-0.25, -0.2) is 13.6 Å². The van der Waals surface area contributed by atoms with E-state index in [1.165, 1.54) is 6.42 Å². The molecule has 9 nitrogen and oxygen atoms in total. The number of sulfonamides is 1. The summed E-state index contributed by atoms with van der Waals surface area (Å²) in [6.07, 6.45) is 7.23. The number of carbonyl (C=O) groups excluding carboxylic acids is 1. The topological polar surface area (TPSA) is 120 Å². The van der Waals surface area contributed by atoms with Crippen LogP contribution < -0.4 is 19.9 Å². The Hall–Kier alpha value is -1.88. The smallest absolute Gasteiger partial charge is 0.233 e. The first-order valence-corrected chi connectivity index (χ1v) is 14.1. The normalized spacial score (nSPS) is 17.9. The van der Waals surface area contributed by atoms with Crippen molar-refractivity contribution in [2.45, 2.75) is 70.4 Å². The molecule has 1 amide bonds. The van der Waals surface area contributed by atoms with E-state index in [0.717, 1.165) is 51.6 Å². The summed E-state index contributed by atoms with van der Waals surface area (Å²) in [5, 5.41) is 8.38. The lowest BCUT2D eigenvalue weighted by molar-refractivity contribution is -0.123. The summed E-state index contributed by atoms with van der Waals surface area (Å²) in [5.41, 5.74) is 0.709. The molecule has 192 valence electrons. The second-order valence-electron chi connectivity index (χ2n) is 9.12. The van der Waals surface area contributed by atoms with E-state index in [4.69, 9.17) is 19.3 Å². The molecule has 0 unspecified atom stereocenters. The van der Waals surface area contributed by atoms with Crippen molar-refractivity contribution in [2.75, 3.05) is 38.8 Å². The Kier molecular flexibility index (Phi) is 10.4. The van der Waals surface area contributed by atoms with E-state index in [0.29, 0.717) is 43.2 Å². The molecule has 2 aliphatic rings. The summed E-state index contributed by atoms with van der Waals surface area (Å²) in [4.78, 5) is 15.1. The molecule has 10 heteroatoms. The zero-order valence-corrected chi connectivity index (χ0v) is 21.0. The molecule has 3 N–H and O–H groups in total. The number of fused-ring (bicyclic) bond motifs is 1. The molecule has 1 fully saturated rings. The van der Waals surface area contributed by atoms with Crippen LogP contribution in [-0.2, 0) is 19.6 Å². The van der Waals surface area contributed by atoms with Crippen LogP contribution in [0.1, 0.15) is 70.0 Å². The molecule has 3 rings (SSSR count). The van der Waals surface area contributed by atoms with Crippen LogP contribution in [0.2, 0.25) is 0 Å². The molecule has 0 radical (unpaired) electrons. The van der Waals surface area contributed by atoms with Gasteiger partial charge in [-0.1, -0.05) is 38.7 Å². The third-order valence-electron chi connectivity index (χ3n) is 6.18. The minimum atomic E-state index is -3.86. The van der Waals surface area contributed by atoms with Crippen LogP contribution >= 0.6 is 0 Å². The fourth-order valence-electron chi connectivity index (χ4n) is 4.48. The Morgan fingerprint density at radius 3 is 2.53 bits per heavy atom. The van der Waals surface area contributed by atoms with Crippen molar-refractivity contribution in [1.82, 2.24) is 10.2 Å². The second-order valence-corrected chi connectivity index (χ2v) is 10.7. The number of unbranched alkanes of at least 4 members (excludes halogenated alkanes) is 4. The number of hydrogen-bond acceptors (Lipinski definition) is 7. The Balaban J connectivity index is 1.79. The van der Waals surface area contributed by atoms with Gasteiger partial charge in [0.25, 0.3) is 0 Å². The van der Waals surface area contributed by atoms with Gasteiger partial charge in [0.1, 0.15) is 19.3 Å². The summed E-state index contributed by atoms with van der Waals surface area (Å²) in [5.74, 6) is 0.514. The average Bonchev–Trinajstić information content (AvgIpc) is 3.31. The molecule has 0 saturated carbocycles. The number of nitrogens with one attached hydrogen (secondary N) is 1. The van der Waals surface area contributed by atoms with Crippen LogP contribution in [0.3, 0.4) is 0 Å². The minimum Gasteiger partial charge on any atom is -0.486 e. The molecule has 0 aliphatic carbocycles. The monoisotopic (exact) mass is 497 g/mol. The molecular weight excluding hydrogens is 458 g/mol. The van der Waals surface area contributed by atoms with Gasteiger partial charge >= 0.3 is 0 Å².